The first-order valence-electron chi connectivity index (χ1n) is 6.05. The van der Waals surface area contributed by atoms with Gasteiger partial charge in [0.2, 0.25) is 5.91 Å². The molecular weight excluding hydrogens is 236 g/mol. The van der Waals surface area contributed by atoms with Gasteiger partial charge in [-0.2, -0.15) is 0 Å². The van der Waals surface area contributed by atoms with Gasteiger partial charge in [-0.15, -0.1) is 5.10 Å². The number of piperidine rings is 1. The van der Waals surface area contributed by atoms with Crippen molar-refractivity contribution in [3.8, 4) is 0 Å². The summed E-state index contributed by atoms with van der Waals surface area (Å²) < 4.78 is 1.57. The Hall–Kier alpha value is -1.92. The summed E-state index contributed by atoms with van der Waals surface area (Å²) in [6.07, 6.45) is 5.77. The lowest BCUT2D eigenvalue weighted by atomic mass is 10.0. The van der Waals surface area contributed by atoms with Gasteiger partial charge >= 0.3 is 5.97 Å². The van der Waals surface area contributed by atoms with Crippen LogP contribution in [0.1, 0.15) is 25.7 Å². The molecule has 1 aliphatic heterocycles. The number of carbonyl (C=O) groups excluding carboxylic acids is 1. The number of aromatic nitrogens is 3. The first-order valence-corrected chi connectivity index (χ1v) is 6.05. The molecule has 98 valence electrons. The van der Waals surface area contributed by atoms with Crippen LogP contribution in [0.2, 0.25) is 0 Å². The number of amides is 1. The minimum absolute atomic E-state index is 0.127. The maximum atomic E-state index is 12.0. The standard InChI is InChI=1S/C11H16N4O3/c16-10(4-7-14-8-5-12-13-14)15-6-2-1-3-9(15)11(17)18/h5,8-9H,1-4,6-7H2,(H,17,18). The Labute approximate surface area is 104 Å². The van der Waals surface area contributed by atoms with E-state index in [9.17, 15) is 9.59 Å². The first-order chi connectivity index (χ1) is 8.68. The summed E-state index contributed by atoms with van der Waals surface area (Å²) in [5, 5.41) is 16.5. The highest BCUT2D eigenvalue weighted by molar-refractivity contribution is 5.83. The summed E-state index contributed by atoms with van der Waals surface area (Å²) >= 11 is 0. The van der Waals surface area contributed by atoms with Crippen LogP contribution >= 0.6 is 0 Å². The molecule has 2 heterocycles. The van der Waals surface area contributed by atoms with Crippen LogP contribution in [0.25, 0.3) is 0 Å². The lowest BCUT2D eigenvalue weighted by Crippen LogP contribution is -2.48. The van der Waals surface area contributed by atoms with Crippen LogP contribution in [-0.2, 0) is 16.1 Å². The molecule has 0 spiro atoms. The number of carboxylic acid groups (broad SMARTS) is 1. The van der Waals surface area contributed by atoms with Crippen LogP contribution in [0.4, 0.5) is 0 Å². The van der Waals surface area contributed by atoms with Gasteiger partial charge in [0.15, 0.2) is 0 Å². The molecule has 0 bridgehead atoms. The molecule has 1 atom stereocenters. The van der Waals surface area contributed by atoms with Gasteiger partial charge in [0.05, 0.1) is 12.7 Å². The van der Waals surface area contributed by atoms with Crippen molar-refractivity contribution in [3.05, 3.63) is 12.4 Å². The van der Waals surface area contributed by atoms with Crippen molar-refractivity contribution in [1.29, 1.82) is 0 Å². The number of aliphatic carboxylic acids is 1. The Bertz CT molecular complexity index is 418. The van der Waals surface area contributed by atoms with Crippen molar-refractivity contribution >= 4 is 11.9 Å². The lowest BCUT2D eigenvalue weighted by molar-refractivity contribution is -0.152. The van der Waals surface area contributed by atoms with Crippen LogP contribution in [0, 0.1) is 0 Å². The SMILES string of the molecule is O=C(O)C1CCCCN1C(=O)CCn1ccnn1. The first kappa shape index (κ1) is 12.5. The van der Waals surface area contributed by atoms with E-state index in [2.05, 4.69) is 10.3 Å². The van der Waals surface area contributed by atoms with Crippen LogP contribution in [0.5, 0.6) is 0 Å². The fraction of sp³-hybridized carbons (Fsp3) is 0.636. The van der Waals surface area contributed by atoms with E-state index in [-0.39, 0.29) is 12.3 Å². The van der Waals surface area contributed by atoms with E-state index >= 15 is 0 Å². The van der Waals surface area contributed by atoms with E-state index < -0.39 is 12.0 Å². The summed E-state index contributed by atoms with van der Waals surface area (Å²) in [7, 11) is 0. The number of aryl methyl sites for hydroxylation is 1. The maximum absolute atomic E-state index is 12.0. The molecule has 1 aliphatic rings. The van der Waals surface area contributed by atoms with E-state index in [4.69, 9.17) is 5.11 Å². The fourth-order valence-electron chi connectivity index (χ4n) is 2.19. The quantitative estimate of drug-likeness (QED) is 0.823. The van der Waals surface area contributed by atoms with E-state index in [1.54, 1.807) is 17.1 Å². The molecule has 7 nitrogen and oxygen atoms in total. The Balaban J connectivity index is 1.92. The monoisotopic (exact) mass is 252 g/mol. The van der Waals surface area contributed by atoms with Gasteiger partial charge in [0, 0.05) is 19.2 Å². The highest BCUT2D eigenvalue weighted by Gasteiger charge is 2.31. The molecule has 1 N–H and O–H groups in total. The van der Waals surface area contributed by atoms with Gasteiger partial charge in [-0.3, -0.25) is 9.48 Å². The van der Waals surface area contributed by atoms with Crippen molar-refractivity contribution in [2.45, 2.75) is 38.3 Å². The largest absolute Gasteiger partial charge is 0.480 e. The van der Waals surface area contributed by atoms with Gasteiger partial charge in [-0.25, -0.2) is 4.79 Å². The van der Waals surface area contributed by atoms with Crippen LogP contribution in [0.15, 0.2) is 12.4 Å². The molecule has 1 unspecified atom stereocenters. The second-order valence-electron chi connectivity index (χ2n) is 4.35. The number of carboxylic acids is 1. The molecule has 0 radical (unpaired) electrons. The Morgan fingerprint density at radius 1 is 1.39 bits per heavy atom. The summed E-state index contributed by atoms with van der Waals surface area (Å²) in [5.41, 5.74) is 0. The van der Waals surface area contributed by atoms with Gasteiger partial charge in [0.25, 0.3) is 0 Å². The number of carbonyl (C=O) groups is 2. The van der Waals surface area contributed by atoms with Crippen molar-refractivity contribution in [2.75, 3.05) is 6.54 Å². The smallest absolute Gasteiger partial charge is 0.326 e. The molecule has 2 rings (SSSR count). The predicted octanol–water partition coefficient (Wildman–Crippen LogP) is 0.134. The number of rotatable bonds is 4. The van der Waals surface area contributed by atoms with Crippen molar-refractivity contribution in [1.82, 2.24) is 19.9 Å². The zero-order valence-electron chi connectivity index (χ0n) is 10.0. The molecular formula is C11H16N4O3. The molecule has 1 fully saturated rings. The van der Waals surface area contributed by atoms with Gasteiger partial charge in [-0.1, -0.05) is 5.21 Å². The molecule has 1 saturated heterocycles. The normalized spacial score (nSPS) is 19.8. The highest BCUT2D eigenvalue weighted by Crippen LogP contribution is 2.18. The molecule has 0 aromatic carbocycles. The maximum Gasteiger partial charge on any atom is 0.326 e. The third kappa shape index (κ3) is 2.85. The zero-order valence-corrected chi connectivity index (χ0v) is 10.0. The van der Waals surface area contributed by atoms with Gasteiger partial charge in [0.1, 0.15) is 6.04 Å². The summed E-state index contributed by atoms with van der Waals surface area (Å²) in [4.78, 5) is 24.6. The fourth-order valence-corrected chi connectivity index (χ4v) is 2.19. The molecule has 1 aromatic rings. The summed E-state index contributed by atoms with van der Waals surface area (Å²) in [5.74, 6) is -1.04. The summed E-state index contributed by atoms with van der Waals surface area (Å²) in [6.45, 7) is 0.967. The molecule has 1 aromatic heterocycles. The van der Waals surface area contributed by atoms with Crippen molar-refractivity contribution in [2.24, 2.45) is 0 Å². The van der Waals surface area contributed by atoms with Crippen LogP contribution in [-0.4, -0.2) is 49.5 Å². The minimum atomic E-state index is -0.913. The number of nitrogens with zero attached hydrogens (tertiary/aromatic N) is 4. The Kier molecular flexibility index (Phi) is 3.91. The van der Waals surface area contributed by atoms with Gasteiger partial charge in [-0.05, 0) is 19.3 Å². The van der Waals surface area contributed by atoms with Crippen LogP contribution in [0.3, 0.4) is 0 Å². The second-order valence-corrected chi connectivity index (χ2v) is 4.35. The van der Waals surface area contributed by atoms with Crippen molar-refractivity contribution in [3.63, 3.8) is 0 Å². The summed E-state index contributed by atoms with van der Waals surface area (Å²) in [6, 6.07) is -0.665. The van der Waals surface area contributed by atoms with Crippen molar-refractivity contribution < 1.29 is 14.7 Å². The third-order valence-corrected chi connectivity index (χ3v) is 3.13. The van der Waals surface area contributed by atoms with E-state index in [1.807, 2.05) is 0 Å². The van der Waals surface area contributed by atoms with Crippen LogP contribution < -0.4 is 0 Å². The number of hydrogen-bond donors (Lipinski definition) is 1. The molecule has 0 aliphatic carbocycles. The number of likely N-dealkylation sites (tertiary alicyclic amines) is 1. The van der Waals surface area contributed by atoms with E-state index in [1.165, 1.54) is 4.90 Å². The Morgan fingerprint density at radius 2 is 2.22 bits per heavy atom. The van der Waals surface area contributed by atoms with Gasteiger partial charge < -0.3 is 10.0 Å². The number of hydrogen-bond acceptors (Lipinski definition) is 4. The third-order valence-electron chi connectivity index (χ3n) is 3.13. The predicted molar refractivity (Wildman–Crippen MR) is 61.6 cm³/mol. The molecule has 7 heteroatoms. The van der Waals surface area contributed by atoms with E-state index in [0.29, 0.717) is 19.5 Å². The van der Waals surface area contributed by atoms with E-state index in [0.717, 1.165) is 12.8 Å². The molecule has 1 amide bonds. The second kappa shape index (κ2) is 5.61. The lowest BCUT2D eigenvalue weighted by Gasteiger charge is -2.33. The minimum Gasteiger partial charge on any atom is -0.480 e. The molecule has 18 heavy (non-hydrogen) atoms. The Morgan fingerprint density at radius 3 is 2.89 bits per heavy atom. The average Bonchev–Trinajstić information content (AvgIpc) is 2.89. The average molecular weight is 252 g/mol. The molecule has 0 saturated carbocycles. The topological polar surface area (TPSA) is 88.3 Å². The highest BCUT2D eigenvalue weighted by atomic mass is 16.4. The zero-order chi connectivity index (χ0) is 13.0.